The van der Waals surface area contributed by atoms with Gasteiger partial charge in [-0.25, -0.2) is 8.42 Å². The van der Waals surface area contributed by atoms with E-state index in [2.05, 4.69) is 0 Å². The molecule has 0 aromatic heterocycles. The van der Waals surface area contributed by atoms with Crippen LogP contribution in [-0.2, 0) is 14.6 Å². The second kappa shape index (κ2) is 6.61. The summed E-state index contributed by atoms with van der Waals surface area (Å²) in [6, 6.07) is 6.57. The smallest absolute Gasteiger partial charge is 0.304 e. The molecule has 0 spiro atoms. The van der Waals surface area contributed by atoms with Crippen LogP contribution in [0.2, 0.25) is 0 Å². The van der Waals surface area contributed by atoms with Crippen molar-refractivity contribution in [3.63, 3.8) is 0 Å². The lowest BCUT2D eigenvalue weighted by Gasteiger charge is -1.99. The number of hydrogen-bond acceptors (Lipinski definition) is 4. The highest BCUT2D eigenvalue weighted by atomic mass is 32.2. The Morgan fingerprint density at radius 3 is 2.50 bits per heavy atom. The summed E-state index contributed by atoms with van der Waals surface area (Å²) in [5.41, 5.74) is 0.994. The highest BCUT2D eigenvalue weighted by Gasteiger charge is 2.09. The van der Waals surface area contributed by atoms with Crippen LogP contribution in [0.15, 0.2) is 40.0 Å². The van der Waals surface area contributed by atoms with Gasteiger partial charge in [0.1, 0.15) is 0 Å². The van der Waals surface area contributed by atoms with E-state index in [1.165, 1.54) is 17.2 Å². The largest absolute Gasteiger partial charge is 0.481 e. The molecule has 1 N–H and O–H groups in total. The SMILES string of the molecule is Cc1ccc(S(=O)(=O)/C=C\SCCC(=O)O)cc1. The summed E-state index contributed by atoms with van der Waals surface area (Å²) in [6.45, 7) is 1.88. The molecular formula is C12H14O4S2. The van der Waals surface area contributed by atoms with E-state index in [0.717, 1.165) is 11.0 Å². The van der Waals surface area contributed by atoms with Crippen LogP contribution < -0.4 is 0 Å². The molecule has 0 atom stereocenters. The Balaban J connectivity index is 2.62. The van der Waals surface area contributed by atoms with Gasteiger partial charge in [-0.05, 0) is 24.5 Å². The topological polar surface area (TPSA) is 71.4 Å². The molecule has 0 radical (unpaired) electrons. The van der Waals surface area contributed by atoms with Gasteiger partial charge in [0.25, 0.3) is 0 Å². The molecule has 0 aliphatic heterocycles. The van der Waals surface area contributed by atoms with Crippen LogP contribution >= 0.6 is 11.8 Å². The van der Waals surface area contributed by atoms with E-state index in [1.807, 2.05) is 6.92 Å². The maximum atomic E-state index is 11.8. The van der Waals surface area contributed by atoms with E-state index in [0.29, 0.717) is 5.75 Å². The van der Waals surface area contributed by atoms with Crippen molar-refractivity contribution < 1.29 is 18.3 Å². The number of benzene rings is 1. The molecule has 0 heterocycles. The first-order valence-electron chi connectivity index (χ1n) is 5.23. The second-order valence-electron chi connectivity index (χ2n) is 3.64. The fraction of sp³-hybridized carbons (Fsp3) is 0.250. The minimum atomic E-state index is -3.43. The molecule has 0 bridgehead atoms. The molecular weight excluding hydrogens is 272 g/mol. The Hall–Kier alpha value is -1.27. The summed E-state index contributed by atoms with van der Waals surface area (Å²) in [6.07, 6.45) is 0.0135. The van der Waals surface area contributed by atoms with Gasteiger partial charge in [-0.2, -0.15) is 0 Å². The van der Waals surface area contributed by atoms with Gasteiger partial charge in [0, 0.05) is 11.2 Å². The van der Waals surface area contributed by atoms with E-state index >= 15 is 0 Å². The minimum absolute atomic E-state index is 0.0135. The van der Waals surface area contributed by atoms with Gasteiger partial charge in [-0.3, -0.25) is 4.79 Å². The third kappa shape index (κ3) is 4.93. The number of thioether (sulfide) groups is 1. The number of hydrogen-bond donors (Lipinski definition) is 1. The van der Waals surface area contributed by atoms with Crippen molar-refractivity contribution >= 4 is 27.6 Å². The molecule has 0 aliphatic rings. The van der Waals surface area contributed by atoms with Crippen LogP contribution in [0.1, 0.15) is 12.0 Å². The van der Waals surface area contributed by atoms with Gasteiger partial charge in [0.15, 0.2) is 9.84 Å². The molecule has 1 aromatic rings. The van der Waals surface area contributed by atoms with Crippen molar-refractivity contribution in [1.82, 2.24) is 0 Å². The van der Waals surface area contributed by atoms with Crippen LogP contribution in [0, 0.1) is 6.92 Å². The zero-order valence-corrected chi connectivity index (χ0v) is 11.5. The maximum Gasteiger partial charge on any atom is 0.304 e. The third-order valence-electron chi connectivity index (χ3n) is 2.11. The standard InChI is InChI=1S/C12H14O4S2/c1-10-2-4-11(5-3-10)18(15,16)9-8-17-7-6-12(13)14/h2-5,8-9H,6-7H2,1H3,(H,13,14)/b9-8-. The van der Waals surface area contributed by atoms with Crippen molar-refractivity contribution in [3.8, 4) is 0 Å². The van der Waals surface area contributed by atoms with Gasteiger partial charge < -0.3 is 5.11 Å². The minimum Gasteiger partial charge on any atom is -0.481 e. The summed E-state index contributed by atoms with van der Waals surface area (Å²) >= 11 is 1.17. The molecule has 0 unspecified atom stereocenters. The Bertz CT molecular complexity index is 530. The van der Waals surface area contributed by atoms with Gasteiger partial charge in [-0.1, -0.05) is 17.7 Å². The molecule has 4 nitrogen and oxygen atoms in total. The number of rotatable bonds is 6. The molecule has 6 heteroatoms. The monoisotopic (exact) mass is 286 g/mol. The van der Waals surface area contributed by atoms with E-state index in [1.54, 1.807) is 24.3 Å². The van der Waals surface area contributed by atoms with Gasteiger partial charge in [-0.15, -0.1) is 11.8 Å². The molecule has 0 saturated carbocycles. The van der Waals surface area contributed by atoms with Crippen molar-refractivity contribution in [2.24, 2.45) is 0 Å². The van der Waals surface area contributed by atoms with E-state index in [9.17, 15) is 13.2 Å². The number of aryl methyl sites for hydroxylation is 1. The van der Waals surface area contributed by atoms with Gasteiger partial charge in [0.05, 0.1) is 11.3 Å². The molecule has 0 fully saturated rings. The predicted octanol–water partition coefficient (Wildman–Crippen LogP) is 2.45. The highest BCUT2D eigenvalue weighted by Crippen LogP contribution is 2.15. The number of aliphatic carboxylic acids is 1. The normalized spacial score (nSPS) is 11.8. The Morgan fingerprint density at radius 2 is 1.94 bits per heavy atom. The van der Waals surface area contributed by atoms with Crippen LogP contribution in [0.25, 0.3) is 0 Å². The predicted molar refractivity (Wildman–Crippen MR) is 72.2 cm³/mol. The lowest BCUT2D eigenvalue weighted by molar-refractivity contribution is -0.136. The van der Waals surface area contributed by atoms with Crippen molar-refractivity contribution in [1.29, 1.82) is 0 Å². The average molecular weight is 286 g/mol. The second-order valence-corrected chi connectivity index (χ2v) is 6.49. The molecule has 98 valence electrons. The van der Waals surface area contributed by atoms with Crippen LogP contribution in [0.5, 0.6) is 0 Å². The lowest BCUT2D eigenvalue weighted by Crippen LogP contribution is -1.96. The Morgan fingerprint density at radius 1 is 1.33 bits per heavy atom. The Labute approximate surface area is 111 Å². The summed E-state index contributed by atoms with van der Waals surface area (Å²) in [7, 11) is -3.43. The zero-order valence-electron chi connectivity index (χ0n) is 9.87. The molecule has 18 heavy (non-hydrogen) atoms. The van der Waals surface area contributed by atoms with Gasteiger partial charge >= 0.3 is 5.97 Å². The van der Waals surface area contributed by atoms with Crippen LogP contribution in [-0.4, -0.2) is 25.2 Å². The first-order chi connectivity index (χ1) is 8.42. The summed E-state index contributed by atoms with van der Waals surface area (Å²) in [4.78, 5) is 10.5. The number of carboxylic acid groups (broad SMARTS) is 1. The first-order valence-corrected chi connectivity index (χ1v) is 7.83. The Kier molecular flexibility index (Phi) is 5.43. The van der Waals surface area contributed by atoms with E-state index in [4.69, 9.17) is 5.11 Å². The lowest BCUT2D eigenvalue weighted by atomic mass is 10.2. The molecule has 0 saturated heterocycles. The van der Waals surface area contributed by atoms with Crippen molar-refractivity contribution in [2.75, 3.05) is 5.75 Å². The summed E-state index contributed by atoms with van der Waals surface area (Å²) in [5, 5.41) is 10.9. The fourth-order valence-electron chi connectivity index (χ4n) is 1.13. The van der Waals surface area contributed by atoms with Crippen LogP contribution in [0.4, 0.5) is 0 Å². The van der Waals surface area contributed by atoms with E-state index < -0.39 is 15.8 Å². The number of carboxylic acids is 1. The molecule has 0 aliphatic carbocycles. The zero-order chi connectivity index (χ0) is 13.6. The van der Waals surface area contributed by atoms with E-state index in [-0.39, 0.29) is 11.3 Å². The van der Waals surface area contributed by atoms with Crippen LogP contribution in [0.3, 0.4) is 0 Å². The molecule has 1 aromatic carbocycles. The molecule has 0 amide bonds. The molecule has 1 rings (SSSR count). The summed E-state index contributed by atoms with van der Waals surface area (Å²) < 4.78 is 23.6. The number of sulfone groups is 1. The van der Waals surface area contributed by atoms with Gasteiger partial charge in [0.2, 0.25) is 0 Å². The summed E-state index contributed by atoms with van der Waals surface area (Å²) in [5.74, 6) is -0.535. The number of carbonyl (C=O) groups is 1. The van der Waals surface area contributed by atoms with Crippen molar-refractivity contribution in [3.05, 3.63) is 40.6 Å². The fourth-order valence-corrected chi connectivity index (χ4v) is 3.13. The quantitative estimate of drug-likeness (QED) is 0.813. The third-order valence-corrected chi connectivity index (χ3v) is 4.48. The highest BCUT2D eigenvalue weighted by molar-refractivity contribution is 8.03. The first kappa shape index (κ1) is 14.8. The van der Waals surface area contributed by atoms with Crippen molar-refractivity contribution in [2.45, 2.75) is 18.2 Å². The maximum absolute atomic E-state index is 11.8. The average Bonchev–Trinajstić information content (AvgIpc) is 2.28.